The van der Waals surface area contributed by atoms with E-state index in [1.54, 1.807) is 7.05 Å². The van der Waals surface area contributed by atoms with Crippen molar-refractivity contribution in [3.05, 3.63) is 87.3 Å². The fraction of sp³-hybridized carbons (Fsp3) is 0.580. The van der Waals surface area contributed by atoms with Crippen molar-refractivity contribution in [3.8, 4) is 6.07 Å². The predicted octanol–water partition coefficient (Wildman–Crippen LogP) is 12.6. The third kappa shape index (κ3) is 11.7. The van der Waals surface area contributed by atoms with Crippen LogP contribution in [0.3, 0.4) is 0 Å². The minimum atomic E-state index is -0.407. The SMILES string of the molecule is C/C=C(\C)c1cc(C(C)(C)CC)ccc1CC(CC)C(=O)NC1=C(C#N)C(=O)N(C)C1=Cc1ccc(N(C(C)CCCCCC)C(C)CCCCCC)c(C)c1. The quantitative estimate of drug-likeness (QED) is 0.121. The van der Waals surface area contributed by atoms with Gasteiger partial charge in [-0.15, -0.1) is 0 Å². The van der Waals surface area contributed by atoms with Crippen molar-refractivity contribution >= 4 is 29.2 Å². The first-order chi connectivity index (χ1) is 26.7. The van der Waals surface area contributed by atoms with Gasteiger partial charge in [-0.1, -0.05) is 123 Å². The van der Waals surface area contributed by atoms with Crippen molar-refractivity contribution < 1.29 is 9.59 Å². The van der Waals surface area contributed by atoms with E-state index >= 15 is 0 Å². The van der Waals surface area contributed by atoms with Gasteiger partial charge in [-0.2, -0.15) is 5.26 Å². The Labute approximate surface area is 341 Å². The minimum absolute atomic E-state index is 0.0353. The number of nitrogens with zero attached hydrogens (tertiary/aromatic N) is 3. The van der Waals surface area contributed by atoms with E-state index in [2.05, 4.69) is 128 Å². The number of carbonyl (C=O) groups is 2. The molecule has 306 valence electrons. The third-order valence-electron chi connectivity index (χ3n) is 12.4. The molecule has 2 aromatic rings. The number of unbranched alkanes of at least 4 members (excludes halogenated alkanes) is 6. The first-order valence-electron chi connectivity index (χ1n) is 21.8. The molecule has 3 atom stereocenters. The van der Waals surface area contributed by atoms with Crippen molar-refractivity contribution in [2.75, 3.05) is 11.9 Å². The average Bonchev–Trinajstić information content (AvgIpc) is 3.40. The predicted molar refractivity (Wildman–Crippen MR) is 238 cm³/mol. The highest BCUT2D eigenvalue weighted by atomic mass is 16.2. The lowest BCUT2D eigenvalue weighted by atomic mass is 9.79. The van der Waals surface area contributed by atoms with Gasteiger partial charge in [-0.25, -0.2) is 0 Å². The number of benzene rings is 2. The molecule has 1 aliphatic rings. The first kappa shape index (κ1) is 46.3. The summed E-state index contributed by atoms with van der Waals surface area (Å²) in [5, 5.41) is 13.3. The fourth-order valence-corrected chi connectivity index (χ4v) is 8.03. The molecule has 1 aliphatic heterocycles. The number of rotatable bonds is 22. The Balaban J connectivity index is 1.96. The van der Waals surface area contributed by atoms with Gasteiger partial charge in [-0.3, -0.25) is 9.59 Å². The minimum Gasteiger partial charge on any atom is -0.366 e. The molecule has 1 heterocycles. The van der Waals surface area contributed by atoms with Crippen LogP contribution < -0.4 is 10.2 Å². The molecule has 3 unspecified atom stereocenters. The summed E-state index contributed by atoms with van der Waals surface area (Å²) in [5.41, 5.74) is 8.93. The fourth-order valence-electron chi connectivity index (χ4n) is 8.03. The Morgan fingerprint density at radius 1 is 0.946 bits per heavy atom. The standard InChI is InChI=1S/C50H74N4O2/c1-13-18-20-22-24-37(8)54(38(9)25-23-21-19-14-2)45-29-26-39(30-36(45)7)31-46-47(44(34-51)49(56)53(46)12)52-48(55)40(16-4)32-41-27-28-42(50(10,11)17-5)33-43(41)35(6)15-3/h15,26-31,33,37-38,40H,13-14,16-25,32H2,1-12H3,(H,52,55)/b35-15+,46-31?. The van der Waals surface area contributed by atoms with Gasteiger partial charge in [0.25, 0.3) is 5.91 Å². The molecule has 6 nitrogen and oxygen atoms in total. The maximum atomic E-state index is 14.1. The van der Waals surface area contributed by atoms with Gasteiger partial charge in [0.2, 0.25) is 5.91 Å². The third-order valence-corrected chi connectivity index (χ3v) is 12.4. The summed E-state index contributed by atoms with van der Waals surface area (Å²) in [7, 11) is 1.68. The molecule has 0 aromatic heterocycles. The molecule has 0 saturated carbocycles. The van der Waals surface area contributed by atoms with Gasteiger partial charge in [0.1, 0.15) is 11.6 Å². The molecule has 2 aromatic carbocycles. The number of hydrogen-bond acceptors (Lipinski definition) is 4. The smallest absolute Gasteiger partial charge is 0.270 e. The Hall–Kier alpha value is -4.11. The van der Waals surface area contributed by atoms with E-state index in [1.165, 1.54) is 97.1 Å². The van der Waals surface area contributed by atoms with Crippen LogP contribution in [0, 0.1) is 24.2 Å². The average molecular weight is 763 g/mol. The number of carbonyl (C=O) groups excluding carboxylic acids is 2. The summed E-state index contributed by atoms with van der Waals surface area (Å²) in [4.78, 5) is 31.7. The second-order valence-corrected chi connectivity index (χ2v) is 17.0. The van der Waals surface area contributed by atoms with E-state index < -0.39 is 5.91 Å². The van der Waals surface area contributed by atoms with Crippen LogP contribution in [0.15, 0.2) is 59.4 Å². The lowest BCUT2D eigenvalue weighted by Gasteiger charge is -2.38. The Bertz CT molecular complexity index is 1760. The van der Waals surface area contributed by atoms with Gasteiger partial charge in [-0.05, 0) is 124 Å². The molecule has 56 heavy (non-hydrogen) atoms. The van der Waals surface area contributed by atoms with Gasteiger partial charge >= 0.3 is 0 Å². The van der Waals surface area contributed by atoms with Gasteiger partial charge in [0, 0.05) is 30.7 Å². The lowest BCUT2D eigenvalue weighted by Crippen LogP contribution is -2.41. The number of nitriles is 1. The maximum Gasteiger partial charge on any atom is 0.270 e. The Morgan fingerprint density at radius 2 is 1.57 bits per heavy atom. The number of aryl methyl sites for hydroxylation is 1. The van der Waals surface area contributed by atoms with Crippen LogP contribution in [0.1, 0.15) is 174 Å². The number of nitrogens with one attached hydrogen (secondary N) is 1. The second-order valence-electron chi connectivity index (χ2n) is 17.0. The zero-order valence-electron chi connectivity index (χ0n) is 37.2. The van der Waals surface area contributed by atoms with Crippen LogP contribution in [-0.4, -0.2) is 35.8 Å². The molecule has 0 spiro atoms. The second kappa shape index (κ2) is 22.0. The van der Waals surface area contributed by atoms with E-state index in [9.17, 15) is 14.9 Å². The first-order valence-corrected chi connectivity index (χ1v) is 21.8. The van der Waals surface area contributed by atoms with Crippen LogP contribution in [0.2, 0.25) is 0 Å². The molecule has 3 rings (SSSR count). The summed E-state index contributed by atoms with van der Waals surface area (Å²) in [6.07, 6.45) is 18.6. The van der Waals surface area contributed by atoms with Crippen LogP contribution in [0.25, 0.3) is 11.6 Å². The highest BCUT2D eigenvalue weighted by Crippen LogP contribution is 2.34. The lowest BCUT2D eigenvalue weighted by molar-refractivity contribution is -0.124. The van der Waals surface area contributed by atoms with Crippen molar-refractivity contribution in [1.82, 2.24) is 10.2 Å². The maximum absolute atomic E-state index is 14.1. The van der Waals surface area contributed by atoms with E-state index in [-0.39, 0.29) is 28.5 Å². The van der Waals surface area contributed by atoms with E-state index in [1.807, 2.05) is 13.0 Å². The molecule has 0 saturated heterocycles. The highest BCUT2D eigenvalue weighted by Gasteiger charge is 2.35. The zero-order chi connectivity index (χ0) is 41.6. The van der Waals surface area contributed by atoms with E-state index in [4.69, 9.17) is 0 Å². The molecule has 0 aliphatic carbocycles. The number of likely N-dealkylation sites (N-methyl/N-ethyl adjacent to an activating group) is 1. The molecule has 0 radical (unpaired) electrons. The molecule has 1 N–H and O–H groups in total. The number of hydrogen-bond donors (Lipinski definition) is 1. The van der Waals surface area contributed by atoms with Crippen LogP contribution in [-0.2, 0) is 21.4 Å². The van der Waals surface area contributed by atoms with Crippen molar-refractivity contribution in [2.45, 2.75) is 177 Å². The number of allylic oxidation sites excluding steroid dienone is 2. The molecule has 0 bridgehead atoms. The van der Waals surface area contributed by atoms with E-state index in [0.29, 0.717) is 30.6 Å². The topological polar surface area (TPSA) is 76.4 Å². The molecule has 0 fully saturated rings. The van der Waals surface area contributed by atoms with Crippen LogP contribution in [0.5, 0.6) is 0 Å². The number of anilines is 1. The summed E-state index contributed by atoms with van der Waals surface area (Å²) >= 11 is 0. The normalized spacial score (nSPS) is 16.0. The zero-order valence-corrected chi connectivity index (χ0v) is 37.2. The largest absolute Gasteiger partial charge is 0.366 e. The summed E-state index contributed by atoms with van der Waals surface area (Å²) in [6, 6.07) is 16.1. The van der Waals surface area contributed by atoms with Crippen molar-refractivity contribution in [1.29, 1.82) is 5.26 Å². The number of amides is 2. The monoisotopic (exact) mass is 763 g/mol. The molecule has 2 amide bonds. The molecular formula is C50H74N4O2. The Morgan fingerprint density at radius 3 is 2.09 bits per heavy atom. The summed E-state index contributed by atoms with van der Waals surface area (Å²) in [5.74, 6) is -0.941. The molecule has 6 heteroatoms. The van der Waals surface area contributed by atoms with Gasteiger partial charge in [0.05, 0.1) is 11.4 Å². The van der Waals surface area contributed by atoms with Crippen LogP contribution >= 0.6 is 0 Å². The molecular weight excluding hydrogens is 689 g/mol. The van der Waals surface area contributed by atoms with Crippen molar-refractivity contribution in [2.24, 2.45) is 5.92 Å². The van der Waals surface area contributed by atoms with E-state index in [0.717, 1.165) is 17.5 Å². The summed E-state index contributed by atoms with van der Waals surface area (Å²) < 4.78 is 0. The Kier molecular flexibility index (Phi) is 18.2. The van der Waals surface area contributed by atoms with Crippen molar-refractivity contribution in [3.63, 3.8) is 0 Å². The van der Waals surface area contributed by atoms with Gasteiger partial charge in [0.15, 0.2) is 0 Å². The summed E-state index contributed by atoms with van der Waals surface area (Å²) in [6.45, 7) is 24.4. The highest BCUT2D eigenvalue weighted by molar-refractivity contribution is 6.05. The van der Waals surface area contributed by atoms with Crippen LogP contribution in [0.4, 0.5) is 5.69 Å². The van der Waals surface area contributed by atoms with Gasteiger partial charge < -0.3 is 15.1 Å².